The highest BCUT2D eigenvalue weighted by Crippen LogP contribution is 2.32. The van der Waals surface area contributed by atoms with E-state index in [0.717, 1.165) is 35.9 Å². The maximum absolute atomic E-state index is 12.6. The van der Waals surface area contributed by atoms with Crippen LogP contribution >= 0.6 is 11.8 Å². The number of imide groups is 1. The summed E-state index contributed by atoms with van der Waals surface area (Å²) >= 11 is 0.782. The zero-order chi connectivity index (χ0) is 20.1. The van der Waals surface area contributed by atoms with E-state index in [9.17, 15) is 19.2 Å². The Bertz CT molecular complexity index is 831. The van der Waals surface area contributed by atoms with Crippen LogP contribution in [-0.2, 0) is 14.4 Å². The number of aliphatic carboxylic acids is 1. The number of carbonyl (C=O) groups excluding carboxylic acids is 3. The first-order valence-corrected chi connectivity index (χ1v) is 9.73. The molecule has 9 heteroatoms. The zero-order valence-electron chi connectivity index (χ0n) is 15.1. The number of rotatable bonds is 6. The van der Waals surface area contributed by atoms with Gasteiger partial charge >= 0.3 is 5.97 Å². The van der Waals surface area contributed by atoms with Gasteiger partial charge in [0.1, 0.15) is 12.3 Å². The van der Waals surface area contributed by atoms with Crippen LogP contribution < -0.4 is 4.74 Å². The minimum atomic E-state index is -1.09. The van der Waals surface area contributed by atoms with E-state index >= 15 is 0 Å². The molecule has 3 rings (SSSR count). The Balaban J connectivity index is 1.68. The molecular weight excluding hydrogens is 384 g/mol. The largest absolute Gasteiger partial charge is 0.482 e. The number of benzene rings is 1. The average Bonchev–Trinajstić information content (AvgIpc) is 2.94. The van der Waals surface area contributed by atoms with Gasteiger partial charge in [0.05, 0.1) is 4.91 Å². The Hall–Kier alpha value is -2.81. The van der Waals surface area contributed by atoms with Gasteiger partial charge in [0.25, 0.3) is 11.1 Å². The second-order valence-corrected chi connectivity index (χ2v) is 7.46. The topological polar surface area (TPSA) is 104 Å². The van der Waals surface area contributed by atoms with Crippen molar-refractivity contribution in [1.82, 2.24) is 9.80 Å². The molecular formula is C19H20N2O6S. The number of thioether (sulfide) groups is 1. The molecule has 8 nitrogen and oxygen atoms in total. The first kappa shape index (κ1) is 19.9. The Labute approximate surface area is 166 Å². The number of piperidine rings is 1. The van der Waals surface area contributed by atoms with Gasteiger partial charge in [-0.1, -0.05) is 12.1 Å². The number of amides is 3. The summed E-state index contributed by atoms with van der Waals surface area (Å²) in [6, 6.07) is 6.55. The van der Waals surface area contributed by atoms with Crippen molar-refractivity contribution < 1.29 is 29.0 Å². The molecule has 0 saturated carbocycles. The Morgan fingerprint density at radius 1 is 1.18 bits per heavy atom. The molecule has 2 aliphatic rings. The van der Waals surface area contributed by atoms with Gasteiger partial charge in [-0.25, -0.2) is 4.79 Å². The molecule has 1 aromatic rings. The maximum atomic E-state index is 12.6. The number of likely N-dealkylation sites (tertiary alicyclic amines) is 1. The van der Waals surface area contributed by atoms with E-state index in [0.29, 0.717) is 24.4 Å². The van der Waals surface area contributed by atoms with E-state index in [-0.39, 0.29) is 17.4 Å². The monoisotopic (exact) mass is 404 g/mol. The summed E-state index contributed by atoms with van der Waals surface area (Å²) in [4.78, 5) is 50.6. The minimum absolute atomic E-state index is 0.215. The highest BCUT2D eigenvalue weighted by molar-refractivity contribution is 8.18. The molecule has 3 amide bonds. The molecule has 2 saturated heterocycles. The van der Waals surface area contributed by atoms with Crippen molar-refractivity contribution in [3.8, 4) is 5.75 Å². The molecule has 1 N–H and O–H groups in total. The lowest BCUT2D eigenvalue weighted by molar-refractivity contribution is -0.139. The normalized spacial score (nSPS) is 18.6. The van der Waals surface area contributed by atoms with Crippen molar-refractivity contribution in [3.63, 3.8) is 0 Å². The van der Waals surface area contributed by atoms with Crippen LogP contribution in [0.4, 0.5) is 4.79 Å². The fraction of sp³-hybridized carbons (Fsp3) is 0.368. The lowest BCUT2D eigenvalue weighted by Gasteiger charge is -2.27. The Morgan fingerprint density at radius 3 is 2.64 bits per heavy atom. The van der Waals surface area contributed by atoms with E-state index in [1.807, 2.05) is 0 Å². The Morgan fingerprint density at radius 2 is 1.93 bits per heavy atom. The molecule has 0 unspecified atom stereocenters. The van der Waals surface area contributed by atoms with E-state index < -0.39 is 23.7 Å². The number of hydrogen-bond donors (Lipinski definition) is 1. The third kappa shape index (κ3) is 4.92. The molecule has 148 valence electrons. The molecule has 28 heavy (non-hydrogen) atoms. The average molecular weight is 404 g/mol. The van der Waals surface area contributed by atoms with Crippen molar-refractivity contribution in [1.29, 1.82) is 0 Å². The van der Waals surface area contributed by atoms with E-state index in [2.05, 4.69) is 0 Å². The summed E-state index contributed by atoms with van der Waals surface area (Å²) in [5, 5.41) is 8.20. The van der Waals surface area contributed by atoms with E-state index in [1.54, 1.807) is 29.2 Å². The standard InChI is InChI=1S/C19H20N2O6S/c22-16(20-7-2-1-3-8-20)11-21-18(25)15(28-19(21)26)10-13-5-4-6-14(9-13)27-12-17(23)24/h4-6,9-10H,1-3,7-8,11-12H2,(H,23,24)/b15-10+. The number of nitrogens with zero attached hydrogens (tertiary/aromatic N) is 2. The quantitative estimate of drug-likeness (QED) is 0.725. The summed E-state index contributed by atoms with van der Waals surface area (Å²) in [5.74, 6) is -1.47. The molecule has 2 fully saturated rings. The fourth-order valence-electron chi connectivity index (χ4n) is 3.01. The Kier molecular flexibility index (Phi) is 6.35. The summed E-state index contributed by atoms with van der Waals surface area (Å²) in [7, 11) is 0. The van der Waals surface area contributed by atoms with Crippen LogP contribution in [0.1, 0.15) is 24.8 Å². The zero-order valence-corrected chi connectivity index (χ0v) is 15.9. The van der Waals surface area contributed by atoms with Gasteiger partial charge in [-0.05, 0) is 54.8 Å². The van der Waals surface area contributed by atoms with Gasteiger partial charge < -0.3 is 14.7 Å². The number of ether oxygens (including phenoxy) is 1. The van der Waals surface area contributed by atoms with E-state index in [1.165, 1.54) is 6.08 Å². The van der Waals surface area contributed by atoms with Crippen LogP contribution in [0.25, 0.3) is 6.08 Å². The first-order chi connectivity index (χ1) is 13.4. The molecule has 0 spiro atoms. The predicted molar refractivity (Wildman–Crippen MR) is 103 cm³/mol. The molecule has 1 aromatic carbocycles. The molecule has 0 aromatic heterocycles. The molecule has 0 radical (unpaired) electrons. The third-order valence-electron chi connectivity index (χ3n) is 4.39. The van der Waals surface area contributed by atoms with Gasteiger partial charge in [0.15, 0.2) is 6.61 Å². The molecule has 0 bridgehead atoms. The third-order valence-corrected chi connectivity index (χ3v) is 5.30. The number of carboxylic acids is 1. The summed E-state index contributed by atoms with van der Waals surface area (Å²) in [5.41, 5.74) is 0.593. The molecule has 0 aliphatic carbocycles. The highest BCUT2D eigenvalue weighted by Gasteiger charge is 2.37. The van der Waals surface area contributed by atoms with Crippen LogP contribution in [0, 0.1) is 0 Å². The predicted octanol–water partition coefficient (Wildman–Crippen LogP) is 2.20. The van der Waals surface area contributed by atoms with Gasteiger partial charge in [-0.3, -0.25) is 19.3 Å². The molecule has 2 heterocycles. The molecule has 2 aliphatic heterocycles. The summed E-state index contributed by atoms with van der Waals surface area (Å²) in [6.45, 7) is 0.602. The van der Waals surface area contributed by atoms with Gasteiger partial charge in [-0.15, -0.1) is 0 Å². The van der Waals surface area contributed by atoms with E-state index in [4.69, 9.17) is 9.84 Å². The second kappa shape index (κ2) is 8.92. The van der Waals surface area contributed by atoms with Crippen LogP contribution in [-0.4, -0.2) is 64.2 Å². The van der Waals surface area contributed by atoms with Crippen molar-refractivity contribution in [3.05, 3.63) is 34.7 Å². The van der Waals surface area contributed by atoms with Crippen molar-refractivity contribution in [2.24, 2.45) is 0 Å². The van der Waals surface area contributed by atoms with Crippen LogP contribution in [0.15, 0.2) is 29.2 Å². The minimum Gasteiger partial charge on any atom is -0.482 e. The van der Waals surface area contributed by atoms with Gasteiger partial charge in [0.2, 0.25) is 5.91 Å². The highest BCUT2D eigenvalue weighted by atomic mass is 32.2. The van der Waals surface area contributed by atoms with Crippen molar-refractivity contribution >= 4 is 40.9 Å². The maximum Gasteiger partial charge on any atom is 0.341 e. The van der Waals surface area contributed by atoms with Crippen molar-refractivity contribution in [2.75, 3.05) is 26.2 Å². The fourth-order valence-corrected chi connectivity index (χ4v) is 3.84. The molecule has 0 atom stereocenters. The first-order valence-electron chi connectivity index (χ1n) is 8.92. The van der Waals surface area contributed by atoms with Crippen LogP contribution in [0.3, 0.4) is 0 Å². The smallest absolute Gasteiger partial charge is 0.341 e. The number of hydrogen-bond acceptors (Lipinski definition) is 6. The summed E-state index contributed by atoms with van der Waals surface area (Å²) in [6.07, 6.45) is 4.49. The second-order valence-electron chi connectivity index (χ2n) is 6.46. The lowest BCUT2D eigenvalue weighted by atomic mass is 10.1. The number of carboxylic acid groups (broad SMARTS) is 1. The summed E-state index contributed by atoms with van der Waals surface area (Å²) < 4.78 is 5.11. The lowest BCUT2D eigenvalue weighted by Crippen LogP contribution is -2.44. The SMILES string of the molecule is O=C(O)COc1cccc(/C=C2/SC(=O)N(CC(=O)N3CCCCC3)C2=O)c1. The van der Waals surface area contributed by atoms with Crippen LogP contribution in [0.5, 0.6) is 5.75 Å². The van der Waals surface area contributed by atoms with Crippen LogP contribution in [0.2, 0.25) is 0 Å². The number of carbonyl (C=O) groups is 4. The van der Waals surface area contributed by atoms with Gasteiger partial charge in [-0.2, -0.15) is 0 Å². The van der Waals surface area contributed by atoms with Crippen molar-refractivity contribution in [2.45, 2.75) is 19.3 Å². The van der Waals surface area contributed by atoms with Gasteiger partial charge in [0, 0.05) is 13.1 Å².